The molecule has 3 N–H and O–H groups in total. The van der Waals surface area contributed by atoms with Crippen LogP contribution in [0, 0.1) is 11.8 Å². The van der Waals surface area contributed by atoms with Gasteiger partial charge in [-0.05, 0) is 57.4 Å². The van der Waals surface area contributed by atoms with Crippen LogP contribution in [-0.2, 0) is 16.0 Å². The van der Waals surface area contributed by atoms with E-state index in [9.17, 15) is 20.1 Å². The number of carbonyl (C=O) groups is 1. The third-order valence-electron chi connectivity index (χ3n) is 5.74. The molecule has 1 aromatic carbocycles. The van der Waals surface area contributed by atoms with Crippen molar-refractivity contribution < 1.29 is 24.9 Å². The van der Waals surface area contributed by atoms with Crippen LogP contribution in [0.15, 0.2) is 54.6 Å². The van der Waals surface area contributed by atoms with Gasteiger partial charge < -0.3 is 20.1 Å². The summed E-state index contributed by atoms with van der Waals surface area (Å²) in [6.45, 7) is 3.68. The molecule has 5 heteroatoms. The van der Waals surface area contributed by atoms with Crippen LogP contribution in [0.2, 0.25) is 0 Å². The smallest absolute Gasteiger partial charge is 0.306 e. The van der Waals surface area contributed by atoms with Crippen LogP contribution in [0.4, 0.5) is 0 Å². The number of aliphatic hydroxyl groups is 3. The zero-order valence-electron chi connectivity index (χ0n) is 18.8. The maximum atomic E-state index is 11.5. The Kier molecular flexibility index (Phi) is 11.0. The van der Waals surface area contributed by atoms with Gasteiger partial charge in [0.15, 0.2) is 0 Å². The summed E-state index contributed by atoms with van der Waals surface area (Å²) < 4.78 is 5.11. The normalized spacial score (nSPS) is 25.0. The number of esters is 1. The first-order valence-corrected chi connectivity index (χ1v) is 11.5. The zero-order valence-corrected chi connectivity index (χ0v) is 18.8. The molecule has 0 spiro atoms. The Morgan fingerprint density at radius 1 is 1.16 bits per heavy atom. The molecule has 0 heterocycles. The molecule has 0 aromatic heterocycles. The largest absolute Gasteiger partial charge is 0.463 e. The highest BCUT2D eigenvalue weighted by molar-refractivity contribution is 5.69. The molecular formula is C26H38O5. The van der Waals surface area contributed by atoms with Crippen molar-refractivity contribution in [2.75, 3.05) is 0 Å². The Morgan fingerprint density at radius 3 is 2.61 bits per heavy atom. The second-order valence-corrected chi connectivity index (χ2v) is 8.73. The third kappa shape index (κ3) is 9.38. The van der Waals surface area contributed by atoms with Crippen molar-refractivity contribution in [1.29, 1.82) is 0 Å². The molecule has 2 rings (SSSR count). The summed E-state index contributed by atoms with van der Waals surface area (Å²) in [7, 11) is 0. The molecule has 0 bridgehead atoms. The highest BCUT2D eigenvalue weighted by atomic mass is 16.5. The number of hydrogen-bond donors (Lipinski definition) is 3. The number of carbonyl (C=O) groups excluding carboxylic acids is 1. The lowest BCUT2D eigenvalue weighted by molar-refractivity contribution is -0.147. The van der Waals surface area contributed by atoms with Crippen LogP contribution in [0.25, 0.3) is 0 Å². The molecule has 5 atom stereocenters. The fraction of sp³-hybridized carbons (Fsp3) is 0.577. The molecule has 0 aliphatic heterocycles. The predicted molar refractivity (Wildman–Crippen MR) is 122 cm³/mol. The SMILES string of the molecule is CC(C)OC(=O)CCC/C=C\C[C@@H]1[C@@H](/C=C\[C@@H](O)CCc2ccccc2)[C@H](O)C[C@@H]1O. The van der Waals surface area contributed by atoms with Crippen molar-refractivity contribution >= 4 is 5.97 Å². The number of ether oxygens (including phenoxy) is 1. The number of unbranched alkanes of at least 4 members (excludes halogenated alkanes) is 1. The number of hydrogen-bond acceptors (Lipinski definition) is 5. The minimum Gasteiger partial charge on any atom is -0.463 e. The van der Waals surface area contributed by atoms with Crippen molar-refractivity contribution in [3.05, 3.63) is 60.2 Å². The second-order valence-electron chi connectivity index (χ2n) is 8.73. The summed E-state index contributed by atoms with van der Waals surface area (Å²) in [5, 5.41) is 31.0. The second kappa shape index (κ2) is 13.5. The maximum Gasteiger partial charge on any atom is 0.306 e. The lowest BCUT2D eigenvalue weighted by Gasteiger charge is -2.19. The Bertz CT molecular complexity index is 697. The van der Waals surface area contributed by atoms with Crippen LogP contribution < -0.4 is 0 Å². The molecule has 172 valence electrons. The van der Waals surface area contributed by atoms with Crippen LogP contribution in [0.3, 0.4) is 0 Å². The number of allylic oxidation sites excluding steroid dienone is 2. The van der Waals surface area contributed by atoms with Crippen LogP contribution in [-0.4, -0.2) is 45.7 Å². The molecule has 1 saturated carbocycles. The van der Waals surface area contributed by atoms with Crippen LogP contribution in [0.1, 0.15) is 57.9 Å². The van der Waals surface area contributed by atoms with Crippen molar-refractivity contribution in [3.63, 3.8) is 0 Å². The zero-order chi connectivity index (χ0) is 22.6. The summed E-state index contributed by atoms with van der Waals surface area (Å²) in [5.74, 6) is -0.421. The third-order valence-corrected chi connectivity index (χ3v) is 5.74. The lowest BCUT2D eigenvalue weighted by atomic mass is 9.89. The number of aryl methyl sites for hydroxylation is 1. The minimum atomic E-state index is -0.600. The number of rotatable bonds is 12. The average molecular weight is 431 g/mol. The molecule has 0 unspecified atom stereocenters. The van der Waals surface area contributed by atoms with Gasteiger partial charge in [-0.2, -0.15) is 0 Å². The Morgan fingerprint density at radius 2 is 1.90 bits per heavy atom. The Labute approximate surface area is 186 Å². The quantitative estimate of drug-likeness (QED) is 0.265. The molecule has 31 heavy (non-hydrogen) atoms. The van der Waals surface area contributed by atoms with Gasteiger partial charge >= 0.3 is 5.97 Å². The summed E-state index contributed by atoms with van der Waals surface area (Å²) in [6, 6.07) is 10.0. The van der Waals surface area contributed by atoms with Gasteiger partial charge in [0.05, 0.1) is 24.4 Å². The van der Waals surface area contributed by atoms with Gasteiger partial charge in [0.2, 0.25) is 0 Å². The van der Waals surface area contributed by atoms with Gasteiger partial charge in [-0.25, -0.2) is 0 Å². The van der Waals surface area contributed by atoms with Gasteiger partial charge in [0.25, 0.3) is 0 Å². The summed E-state index contributed by atoms with van der Waals surface area (Å²) in [4.78, 5) is 11.5. The fourth-order valence-electron chi connectivity index (χ4n) is 4.08. The molecule has 1 fully saturated rings. The van der Waals surface area contributed by atoms with E-state index in [4.69, 9.17) is 4.74 Å². The Hall–Kier alpha value is -1.95. The molecule has 0 amide bonds. The molecule has 0 radical (unpaired) electrons. The summed E-state index contributed by atoms with van der Waals surface area (Å²) in [6.07, 6.45) is 10.2. The molecule has 1 aliphatic rings. The molecule has 1 aliphatic carbocycles. The van der Waals surface area contributed by atoms with Gasteiger partial charge in [-0.3, -0.25) is 4.79 Å². The van der Waals surface area contributed by atoms with E-state index in [0.717, 1.165) is 19.3 Å². The highest BCUT2D eigenvalue weighted by Crippen LogP contribution is 2.36. The van der Waals surface area contributed by atoms with Gasteiger partial charge in [-0.15, -0.1) is 0 Å². The van der Waals surface area contributed by atoms with Crippen molar-refractivity contribution in [2.45, 2.75) is 83.2 Å². The topological polar surface area (TPSA) is 87.0 Å². The number of benzene rings is 1. The maximum absolute atomic E-state index is 11.5. The van der Waals surface area contributed by atoms with Gasteiger partial charge in [0.1, 0.15) is 0 Å². The predicted octanol–water partition coefficient (Wildman–Crippen LogP) is 3.96. The number of aliphatic hydroxyl groups excluding tert-OH is 3. The van der Waals surface area contributed by atoms with E-state index < -0.39 is 18.3 Å². The van der Waals surface area contributed by atoms with Crippen molar-refractivity contribution in [2.24, 2.45) is 11.8 Å². The van der Waals surface area contributed by atoms with E-state index in [0.29, 0.717) is 25.7 Å². The first-order valence-electron chi connectivity index (χ1n) is 11.5. The summed E-state index contributed by atoms with van der Waals surface area (Å²) in [5.41, 5.74) is 1.19. The first kappa shape index (κ1) is 25.3. The van der Waals surface area contributed by atoms with Gasteiger partial charge in [-0.1, -0.05) is 54.6 Å². The van der Waals surface area contributed by atoms with Crippen LogP contribution in [0.5, 0.6) is 0 Å². The van der Waals surface area contributed by atoms with Crippen molar-refractivity contribution in [1.82, 2.24) is 0 Å². The van der Waals surface area contributed by atoms with E-state index in [1.807, 2.05) is 62.4 Å². The molecule has 0 saturated heterocycles. The Balaban J connectivity index is 1.77. The van der Waals surface area contributed by atoms with E-state index in [-0.39, 0.29) is 23.9 Å². The van der Waals surface area contributed by atoms with Gasteiger partial charge in [0, 0.05) is 18.8 Å². The minimum absolute atomic E-state index is 0.0743. The van der Waals surface area contributed by atoms with E-state index >= 15 is 0 Å². The van der Waals surface area contributed by atoms with E-state index in [2.05, 4.69) is 0 Å². The van der Waals surface area contributed by atoms with E-state index in [1.54, 1.807) is 6.08 Å². The highest BCUT2D eigenvalue weighted by Gasteiger charge is 2.39. The lowest BCUT2D eigenvalue weighted by Crippen LogP contribution is -2.20. The monoisotopic (exact) mass is 430 g/mol. The molecular weight excluding hydrogens is 392 g/mol. The summed E-state index contributed by atoms with van der Waals surface area (Å²) >= 11 is 0. The standard InChI is InChI=1S/C26H38O5/c1-19(2)31-26(30)13-9-4-3-8-12-22-23(25(29)18-24(22)28)17-16-21(27)15-14-20-10-6-5-7-11-20/h3,5-8,10-11,16-17,19,21-25,27-29H,4,9,12-15,18H2,1-2H3/b8-3-,17-16-/t21-,22+,23+,24-,25+/m0/s1. The molecule has 1 aromatic rings. The average Bonchev–Trinajstić information content (AvgIpc) is 3.00. The molecule has 5 nitrogen and oxygen atoms in total. The van der Waals surface area contributed by atoms with E-state index in [1.165, 1.54) is 5.56 Å². The first-order chi connectivity index (χ1) is 14.9. The van der Waals surface area contributed by atoms with Crippen LogP contribution >= 0.6 is 0 Å². The fourth-order valence-corrected chi connectivity index (χ4v) is 4.08. The van der Waals surface area contributed by atoms with Crippen molar-refractivity contribution in [3.8, 4) is 0 Å².